The molecule has 90 valence electrons. The Labute approximate surface area is 97.0 Å². The van der Waals surface area contributed by atoms with Gasteiger partial charge in [0.05, 0.1) is 12.2 Å². The molecular formula is C12H21N3O. The molecule has 0 bridgehead atoms. The third-order valence-electron chi connectivity index (χ3n) is 3.41. The molecule has 0 radical (unpaired) electrons. The first-order valence-electron chi connectivity index (χ1n) is 6.04. The van der Waals surface area contributed by atoms with E-state index in [9.17, 15) is 0 Å². The van der Waals surface area contributed by atoms with Crippen LogP contribution in [0.15, 0.2) is 10.6 Å². The highest BCUT2D eigenvalue weighted by atomic mass is 16.4. The Kier molecular flexibility index (Phi) is 3.61. The number of nitrogens with zero attached hydrogens (tertiary/aromatic N) is 2. The fraction of sp³-hybridized carbons (Fsp3) is 0.750. The minimum Gasteiger partial charge on any atom is -0.444 e. The third kappa shape index (κ3) is 2.44. The number of piperidine rings is 1. The average molecular weight is 223 g/mol. The first-order valence-corrected chi connectivity index (χ1v) is 6.04. The number of hydrogen-bond donors (Lipinski definition) is 1. The lowest BCUT2D eigenvalue weighted by molar-refractivity contribution is 0.131. The van der Waals surface area contributed by atoms with Crippen molar-refractivity contribution in [1.29, 1.82) is 0 Å². The van der Waals surface area contributed by atoms with Gasteiger partial charge in [-0.3, -0.25) is 4.90 Å². The van der Waals surface area contributed by atoms with Gasteiger partial charge in [-0.05, 0) is 40.3 Å². The van der Waals surface area contributed by atoms with Crippen LogP contribution in [-0.4, -0.2) is 36.1 Å². The molecule has 4 heteroatoms. The van der Waals surface area contributed by atoms with Gasteiger partial charge in [-0.25, -0.2) is 4.98 Å². The van der Waals surface area contributed by atoms with Gasteiger partial charge >= 0.3 is 0 Å². The van der Waals surface area contributed by atoms with Gasteiger partial charge in [-0.1, -0.05) is 0 Å². The van der Waals surface area contributed by atoms with Crippen molar-refractivity contribution < 1.29 is 4.42 Å². The lowest BCUT2D eigenvalue weighted by Crippen LogP contribution is -2.45. The van der Waals surface area contributed by atoms with Crippen molar-refractivity contribution in [3.8, 4) is 0 Å². The smallest absolute Gasteiger partial charge is 0.211 e. The first kappa shape index (κ1) is 11.6. The lowest BCUT2D eigenvalue weighted by atomic mass is 10.0. The van der Waals surface area contributed by atoms with E-state index in [4.69, 9.17) is 4.42 Å². The van der Waals surface area contributed by atoms with E-state index >= 15 is 0 Å². The lowest BCUT2D eigenvalue weighted by Gasteiger charge is -2.35. The molecule has 1 aromatic heterocycles. The number of nitrogens with one attached hydrogen (secondary N) is 1. The summed E-state index contributed by atoms with van der Waals surface area (Å²) < 4.78 is 5.59. The summed E-state index contributed by atoms with van der Waals surface area (Å²) in [5.41, 5.74) is 0. The normalized spacial score (nSPS) is 24.6. The average Bonchev–Trinajstić information content (AvgIpc) is 2.75. The molecule has 0 amide bonds. The van der Waals surface area contributed by atoms with E-state index in [1.54, 1.807) is 6.20 Å². The van der Waals surface area contributed by atoms with Gasteiger partial charge in [0.15, 0.2) is 0 Å². The summed E-state index contributed by atoms with van der Waals surface area (Å²) in [6, 6.07) is 0.886. The number of aromatic nitrogens is 1. The summed E-state index contributed by atoms with van der Waals surface area (Å²) in [5.74, 6) is 1.73. The SMILES string of the molecule is CNC1CCCN(C(C)c2ncc(C)o2)C1. The summed E-state index contributed by atoms with van der Waals surface area (Å²) in [6.07, 6.45) is 4.31. The van der Waals surface area contributed by atoms with Crippen molar-refractivity contribution in [2.45, 2.75) is 38.8 Å². The van der Waals surface area contributed by atoms with Crippen LogP contribution in [0.4, 0.5) is 0 Å². The molecule has 0 aliphatic carbocycles. The number of rotatable bonds is 3. The van der Waals surface area contributed by atoms with E-state index in [1.807, 2.05) is 14.0 Å². The molecule has 16 heavy (non-hydrogen) atoms. The van der Waals surface area contributed by atoms with Crippen molar-refractivity contribution in [3.63, 3.8) is 0 Å². The Morgan fingerprint density at radius 3 is 3.06 bits per heavy atom. The fourth-order valence-electron chi connectivity index (χ4n) is 2.32. The predicted octanol–water partition coefficient (Wildman–Crippen LogP) is 1.73. The Bertz CT molecular complexity index is 337. The van der Waals surface area contributed by atoms with Crippen molar-refractivity contribution >= 4 is 0 Å². The van der Waals surface area contributed by atoms with E-state index in [1.165, 1.54) is 12.8 Å². The summed E-state index contributed by atoms with van der Waals surface area (Å²) >= 11 is 0. The summed E-state index contributed by atoms with van der Waals surface area (Å²) in [4.78, 5) is 6.75. The van der Waals surface area contributed by atoms with Crippen LogP contribution in [0.3, 0.4) is 0 Å². The molecule has 0 spiro atoms. The van der Waals surface area contributed by atoms with Gasteiger partial charge in [0.1, 0.15) is 5.76 Å². The van der Waals surface area contributed by atoms with Gasteiger partial charge < -0.3 is 9.73 Å². The Morgan fingerprint density at radius 1 is 1.62 bits per heavy atom. The predicted molar refractivity (Wildman–Crippen MR) is 63.3 cm³/mol. The molecule has 1 aliphatic rings. The van der Waals surface area contributed by atoms with Crippen molar-refractivity contribution in [1.82, 2.24) is 15.2 Å². The molecule has 2 unspecified atom stereocenters. The second kappa shape index (κ2) is 4.97. The second-order valence-corrected chi connectivity index (χ2v) is 4.61. The summed E-state index contributed by atoms with van der Waals surface area (Å²) in [7, 11) is 2.04. The molecule has 2 rings (SSSR count). The number of oxazole rings is 1. The quantitative estimate of drug-likeness (QED) is 0.847. The van der Waals surface area contributed by atoms with Gasteiger partial charge in [0.2, 0.25) is 5.89 Å². The minimum atomic E-state index is 0.282. The van der Waals surface area contributed by atoms with Crippen molar-refractivity contribution in [3.05, 3.63) is 17.8 Å². The zero-order valence-corrected chi connectivity index (χ0v) is 10.4. The highest BCUT2D eigenvalue weighted by molar-refractivity contribution is 4.96. The first-order chi connectivity index (χ1) is 7.70. The monoisotopic (exact) mass is 223 g/mol. The molecule has 4 nitrogen and oxygen atoms in total. The molecule has 2 heterocycles. The number of likely N-dealkylation sites (N-methyl/N-ethyl adjacent to an activating group) is 1. The zero-order valence-electron chi connectivity index (χ0n) is 10.4. The van der Waals surface area contributed by atoms with Crippen LogP contribution in [0.1, 0.15) is 37.5 Å². The van der Waals surface area contributed by atoms with Crippen molar-refractivity contribution in [2.75, 3.05) is 20.1 Å². The summed E-state index contributed by atoms with van der Waals surface area (Å²) in [5, 5.41) is 3.35. The molecule has 1 N–H and O–H groups in total. The van der Waals surface area contributed by atoms with Gasteiger partial charge in [-0.15, -0.1) is 0 Å². The second-order valence-electron chi connectivity index (χ2n) is 4.61. The highest BCUT2D eigenvalue weighted by Gasteiger charge is 2.25. The maximum Gasteiger partial charge on any atom is 0.211 e. The molecule has 0 saturated carbocycles. The van der Waals surface area contributed by atoms with Crippen LogP contribution in [0.25, 0.3) is 0 Å². The Hall–Kier alpha value is -0.870. The molecule has 1 aliphatic heterocycles. The molecule has 1 fully saturated rings. The number of aryl methyl sites for hydroxylation is 1. The van der Waals surface area contributed by atoms with E-state index in [-0.39, 0.29) is 6.04 Å². The molecule has 0 aromatic carbocycles. The number of hydrogen-bond acceptors (Lipinski definition) is 4. The topological polar surface area (TPSA) is 41.3 Å². The van der Waals surface area contributed by atoms with Gasteiger partial charge in [0, 0.05) is 12.6 Å². The highest BCUT2D eigenvalue weighted by Crippen LogP contribution is 2.23. The fourth-order valence-corrected chi connectivity index (χ4v) is 2.32. The maximum absolute atomic E-state index is 5.59. The molecule has 1 aromatic rings. The van der Waals surface area contributed by atoms with Crippen LogP contribution >= 0.6 is 0 Å². The molecule has 1 saturated heterocycles. The zero-order chi connectivity index (χ0) is 11.5. The van der Waals surface area contributed by atoms with E-state index in [2.05, 4.69) is 22.1 Å². The number of likely N-dealkylation sites (tertiary alicyclic amines) is 1. The minimum absolute atomic E-state index is 0.282. The van der Waals surface area contributed by atoms with Gasteiger partial charge in [0.25, 0.3) is 0 Å². The van der Waals surface area contributed by atoms with E-state index in [0.717, 1.165) is 24.7 Å². The third-order valence-corrected chi connectivity index (χ3v) is 3.41. The van der Waals surface area contributed by atoms with Gasteiger partial charge in [-0.2, -0.15) is 0 Å². The van der Waals surface area contributed by atoms with E-state index < -0.39 is 0 Å². The summed E-state index contributed by atoms with van der Waals surface area (Å²) in [6.45, 7) is 6.33. The van der Waals surface area contributed by atoms with Crippen molar-refractivity contribution in [2.24, 2.45) is 0 Å². The Balaban J connectivity index is 2.01. The van der Waals surface area contributed by atoms with Crippen LogP contribution in [0.2, 0.25) is 0 Å². The van der Waals surface area contributed by atoms with Crippen LogP contribution in [0.5, 0.6) is 0 Å². The molecular weight excluding hydrogens is 202 g/mol. The van der Waals surface area contributed by atoms with Crippen LogP contribution < -0.4 is 5.32 Å². The van der Waals surface area contributed by atoms with E-state index in [0.29, 0.717) is 6.04 Å². The Morgan fingerprint density at radius 2 is 2.44 bits per heavy atom. The standard InChI is InChI=1S/C12H21N3O/c1-9-7-14-12(16-9)10(2)15-6-4-5-11(8-15)13-3/h7,10-11,13H,4-6,8H2,1-3H3. The van der Waals surface area contributed by atoms with Crippen LogP contribution in [0, 0.1) is 6.92 Å². The maximum atomic E-state index is 5.59. The molecule has 2 atom stereocenters. The largest absolute Gasteiger partial charge is 0.444 e. The van der Waals surface area contributed by atoms with Crippen LogP contribution in [-0.2, 0) is 0 Å².